The van der Waals surface area contributed by atoms with Gasteiger partial charge < -0.3 is 4.74 Å². The van der Waals surface area contributed by atoms with Gasteiger partial charge in [-0.1, -0.05) is 90.4 Å². The van der Waals surface area contributed by atoms with Crippen molar-refractivity contribution in [2.75, 3.05) is 6.61 Å². The van der Waals surface area contributed by atoms with Crippen LogP contribution in [0.1, 0.15) is 104 Å². The topological polar surface area (TPSA) is 26.3 Å². The molecule has 21 heavy (non-hydrogen) atoms. The van der Waals surface area contributed by atoms with Gasteiger partial charge in [0.05, 0.1) is 6.61 Å². The maximum absolute atomic E-state index is 10.6. The number of hydrogen-bond acceptors (Lipinski definition) is 2. The van der Waals surface area contributed by atoms with Crippen LogP contribution in [-0.4, -0.2) is 50.3 Å². The fourth-order valence-corrected chi connectivity index (χ4v) is 2.51. The Bertz CT molecular complexity index is 207. The van der Waals surface area contributed by atoms with Crippen molar-refractivity contribution in [2.45, 2.75) is 104 Å². The molecule has 0 aromatic heterocycles. The van der Waals surface area contributed by atoms with E-state index in [9.17, 15) is 4.79 Å². The first-order valence-electron chi connectivity index (χ1n) is 8.90. The van der Waals surface area contributed by atoms with E-state index in [4.69, 9.17) is 4.74 Å². The molecule has 0 aliphatic rings. The number of hydrogen-bond donors (Lipinski definition) is 0. The predicted molar refractivity (Wildman–Crippen MR) is 95.5 cm³/mol. The minimum atomic E-state index is -0.153. The van der Waals surface area contributed by atoms with Gasteiger partial charge in [-0.05, 0) is 6.42 Å². The zero-order valence-corrected chi connectivity index (χ0v) is 13.9. The van der Waals surface area contributed by atoms with Crippen LogP contribution in [0.4, 0.5) is 0 Å². The van der Waals surface area contributed by atoms with Crippen molar-refractivity contribution in [3.8, 4) is 0 Å². The molecule has 0 bridgehead atoms. The molecule has 0 N–H and O–H groups in total. The van der Waals surface area contributed by atoms with Gasteiger partial charge in [0, 0.05) is 6.92 Å². The van der Waals surface area contributed by atoms with E-state index < -0.39 is 0 Å². The van der Waals surface area contributed by atoms with Crippen LogP contribution in [0.15, 0.2) is 0 Å². The Labute approximate surface area is 162 Å². The molecule has 0 atom stereocenters. The van der Waals surface area contributed by atoms with Crippen molar-refractivity contribution in [2.24, 2.45) is 0 Å². The van der Waals surface area contributed by atoms with Gasteiger partial charge in [0.25, 0.3) is 0 Å². The summed E-state index contributed by atoms with van der Waals surface area (Å²) in [5.41, 5.74) is 0. The van der Waals surface area contributed by atoms with E-state index >= 15 is 0 Å². The van der Waals surface area contributed by atoms with Crippen LogP contribution < -0.4 is 0 Å². The Morgan fingerprint density at radius 3 is 1.33 bits per heavy atom. The van der Waals surface area contributed by atoms with Gasteiger partial charge in [0.2, 0.25) is 0 Å². The van der Waals surface area contributed by atoms with Crippen LogP contribution in [0.25, 0.3) is 0 Å². The third kappa shape index (κ3) is 23.1. The maximum atomic E-state index is 10.6. The first kappa shape index (κ1) is 24.0. The summed E-state index contributed by atoms with van der Waals surface area (Å²) in [4.78, 5) is 10.6. The van der Waals surface area contributed by atoms with Crippen LogP contribution in [0.5, 0.6) is 0 Å². The Balaban J connectivity index is 0. The van der Waals surface area contributed by atoms with Gasteiger partial charge in [-0.15, -0.1) is 0 Å². The Kier molecular flexibility index (Phi) is 23.7. The van der Waals surface area contributed by atoms with E-state index in [1.165, 1.54) is 90.4 Å². The monoisotopic (exact) mass is 326 g/mol. The van der Waals surface area contributed by atoms with E-state index in [1.807, 2.05) is 0 Å². The number of carbonyl (C=O) groups excluding carboxylic acids is 1. The molecule has 0 fully saturated rings. The van der Waals surface area contributed by atoms with Gasteiger partial charge >= 0.3 is 43.7 Å². The quantitative estimate of drug-likeness (QED) is 0.237. The first-order chi connectivity index (χ1) is 9.77. The van der Waals surface area contributed by atoms with Crippen molar-refractivity contribution in [1.82, 2.24) is 0 Å². The van der Waals surface area contributed by atoms with Crippen molar-refractivity contribution in [1.29, 1.82) is 0 Å². The van der Waals surface area contributed by atoms with E-state index in [0.717, 1.165) is 6.42 Å². The normalized spacial score (nSPS) is 10.2. The second kappa shape index (κ2) is 20.7. The number of rotatable bonds is 15. The zero-order chi connectivity index (χ0) is 14.9. The third-order valence-corrected chi connectivity index (χ3v) is 3.80. The summed E-state index contributed by atoms with van der Waals surface area (Å²) in [6, 6.07) is 0. The summed E-state index contributed by atoms with van der Waals surface area (Å²) < 4.78 is 4.91. The van der Waals surface area contributed by atoms with E-state index in [1.54, 1.807) is 0 Å². The van der Waals surface area contributed by atoms with Gasteiger partial charge in [-0.2, -0.15) is 0 Å². The SMILES string of the molecule is CCCCCCCCCCCCCCCCOC(C)=O.[CaH2]. The zero-order valence-electron chi connectivity index (χ0n) is 13.9. The Morgan fingerprint density at radius 1 is 0.667 bits per heavy atom. The number of ether oxygens (including phenoxy) is 1. The van der Waals surface area contributed by atoms with Gasteiger partial charge in [-0.25, -0.2) is 0 Å². The summed E-state index contributed by atoms with van der Waals surface area (Å²) in [5, 5.41) is 0. The number of carbonyl (C=O) groups is 1. The molecule has 0 rings (SSSR count). The molecule has 0 amide bonds. The molecule has 0 spiro atoms. The van der Waals surface area contributed by atoms with Crippen molar-refractivity contribution < 1.29 is 9.53 Å². The van der Waals surface area contributed by atoms with E-state index in [2.05, 4.69) is 6.92 Å². The van der Waals surface area contributed by atoms with Gasteiger partial charge in [0.15, 0.2) is 0 Å². The first-order valence-corrected chi connectivity index (χ1v) is 8.90. The predicted octanol–water partition coefficient (Wildman–Crippen LogP) is 5.11. The summed E-state index contributed by atoms with van der Waals surface area (Å²) >= 11 is 0. The average molecular weight is 327 g/mol. The standard InChI is InChI=1S/C18H36O2.Ca.2H/c1-3-4-5-6-7-8-9-10-11-12-13-14-15-16-17-20-18(2)19;;;/h3-17H2,1-2H3;;;. The van der Waals surface area contributed by atoms with Gasteiger partial charge in [0.1, 0.15) is 0 Å². The van der Waals surface area contributed by atoms with Gasteiger partial charge in [-0.3, -0.25) is 4.79 Å². The Morgan fingerprint density at radius 2 is 1.00 bits per heavy atom. The molecule has 124 valence electrons. The molecule has 0 aromatic rings. The summed E-state index contributed by atoms with van der Waals surface area (Å²) in [5.74, 6) is -0.153. The molecule has 0 saturated heterocycles. The van der Waals surface area contributed by atoms with Crippen molar-refractivity contribution in [3.63, 3.8) is 0 Å². The molecule has 0 radical (unpaired) electrons. The summed E-state index contributed by atoms with van der Waals surface area (Å²) in [6.45, 7) is 4.35. The minimum absolute atomic E-state index is 0. The van der Waals surface area contributed by atoms with Crippen molar-refractivity contribution in [3.05, 3.63) is 0 Å². The second-order valence-electron chi connectivity index (χ2n) is 5.94. The molecular formula is C18H38CaO2. The molecule has 2 nitrogen and oxygen atoms in total. The average Bonchev–Trinajstić information content (AvgIpc) is 2.43. The van der Waals surface area contributed by atoms with E-state index in [0.29, 0.717) is 6.61 Å². The third-order valence-electron chi connectivity index (χ3n) is 3.80. The van der Waals surface area contributed by atoms with Crippen molar-refractivity contribution >= 4 is 43.7 Å². The molecular weight excluding hydrogens is 288 g/mol. The van der Waals surface area contributed by atoms with Crippen LogP contribution in [-0.2, 0) is 9.53 Å². The van der Waals surface area contributed by atoms with Crippen LogP contribution in [0.3, 0.4) is 0 Å². The number of unbranched alkanes of at least 4 members (excludes halogenated alkanes) is 13. The van der Waals surface area contributed by atoms with Crippen LogP contribution in [0.2, 0.25) is 0 Å². The van der Waals surface area contributed by atoms with E-state index in [-0.39, 0.29) is 43.7 Å². The Hall–Kier alpha value is 0.730. The molecule has 0 aliphatic carbocycles. The fraction of sp³-hybridized carbons (Fsp3) is 0.944. The molecule has 0 heterocycles. The number of esters is 1. The molecule has 0 unspecified atom stereocenters. The summed E-state index contributed by atoms with van der Waals surface area (Å²) in [6.07, 6.45) is 19.0. The molecule has 0 saturated carbocycles. The fourth-order valence-electron chi connectivity index (χ4n) is 2.51. The molecule has 3 heteroatoms. The molecule has 0 aromatic carbocycles. The molecule has 0 aliphatic heterocycles. The van der Waals surface area contributed by atoms with Crippen LogP contribution >= 0.6 is 0 Å². The second-order valence-corrected chi connectivity index (χ2v) is 5.94. The van der Waals surface area contributed by atoms with Crippen LogP contribution in [0, 0.1) is 0 Å². The summed E-state index contributed by atoms with van der Waals surface area (Å²) in [7, 11) is 0.